The molecular formula is C12H20N4O. The lowest BCUT2D eigenvalue weighted by Gasteiger charge is -2.24. The van der Waals surface area contributed by atoms with Crippen molar-refractivity contribution in [2.24, 2.45) is 7.05 Å². The van der Waals surface area contributed by atoms with Gasteiger partial charge in [0.05, 0.1) is 16.8 Å². The second-order valence-corrected chi connectivity index (χ2v) is 4.96. The van der Waals surface area contributed by atoms with Gasteiger partial charge in [-0.1, -0.05) is 6.92 Å². The molecular weight excluding hydrogens is 216 g/mol. The number of aryl methyl sites for hydroxylation is 2. The minimum atomic E-state index is -0.127. The normalized spacial score (nSPS) is 23.9. The molecule has 1 aliphatic rings. The Morgan fingerprint density at radius 1 is 1.71 bits per heavy atom. The average Bonchev–Trinajstić information content (AvgIpc) is 2.84. The summed E-state index contributed by atoms with van der Waals surface area (Å²) in [5, 5.41) is 10.7. The molecule has 2 N–H and O–H groups in total. The van der Waals surface area contributed by atoms with Crippen molar-refractivity contribution in [3.63, 3.8) is 0 Å². The first-order valence-electron chi connectivity index (χ1n) is 6.10. The number of aromatic nitrogens is 2. The van der Waals surface area contributed by atoms with E-state index in [1.165, 1.54) is 0 Å². The summed E-state index contributed by atoms with van der Waals surface area (Å²) in [6, 6.07) is 0. The number of nitrogens with zero attached hydrogens (tertiary/aromatic N) is 2. The van der Waals surface area contributed by atoms with E-state index in [1.807, 2.05) is 14.0 Å². The quantitative estimate of drug-likeness (QED) is 0.802. The van der Waals surface area contributed by atoms with Gasteiger partial charge in [0, 0.05) is 19.8 Å². The molecule has 1 unspecified atom stereocenters. The number of hydrogen-bond acceptors (Lipinski definition) is 3. The zero-order valence-electron chi connectivity index (χ0n) is 10.7. The van der Waals surface area contributed by atoms with Crippen LogP contribution in [0.5, 0.6) is 0 Å². The van der Waals surface area contributed by atoms with E-state index in [0.717, 1.165) is 31.6 Å². The third-order valence-corrected chi connectivity index (χ3v) is 3.27. The predicted octanol–water partition coefficient (Wildman–Crippen LogP) is 0.464. The zero-order chi connectivity index (χ0) is 12.5. The van der Waals surface area contributed by atoms with E-state index >= 15 is 0 Å². The van der Waals surface area contributed by atoms with Gasteiger partial charge in [-0.2, -0.15) is 5.10 Å². The van der Waals surface area contributed by atoms with E-state index in [4.69, 9.17) is 0 Å². The van der Waals surface area contributed by atoms with Gasteiger partial charge in [-0.05, 0) is 26.3 Å². The summed E-state index contributed by atoms with van der Waals surface area (Å²) in [6.45, 7) is 5.88. The Morgan fingerprint density at radius 3 is 3.06 bits per heavy atom. The molecule has 0 aliphatic carbocycles. The van der Waals surface area contributed by atoms with E-state index in [1.54, 1.807) is 10.9 Å². The molecule has 17 heavy (non-hydrogen) atoms. The highest BCUT2D eigenvalue weighted by atomic mass is 16.1. The van der Waals surface area contributed by atoms with Crippen molar-refractivity contribution >= 4 is 5.91 Å². The van der Waals surface area contributed by atoms with Crippen molar-refractivity contribution in [1.82, 2.24) is 20.4 Å². The second kappa shape index (κ2) is 4.49. The Kier molecular flexibility index (Phi) is 3.19. The van der Waals surface area contributed by atoms with Crippen molar-refractivity contribution in [2.75, 3.05) is 13.1 Å². The highest BCUT2D eigenvalue weighted by molar-refractivity contribution is 5.95. The van der Waals surface area contributed by atoms with E-state index in [9.17, 15) is 4.79 Å². The summed E-state index contributed by atoms with van der Waals surface area (Å²) in [4.78, 5) is 12.2. The summed E-state index contributed by atoms with van der Waals surface area (Å²) in [5.74, 6) is -0.0128. The first-order chi connectivity index (χ1) is 8.04. The molecule has 2 heterocycles. The van der Waals surface area contributed by atoms with Crippen molar-refractivity contribution in [2.45, 2.75) is 32.2 Å². The van der Waals surface area contributed by atoms with Crippen molar-refractivity contribution in [1.29, 1.82) is 0 Å². The molecule has 0 radical (unpaired) electrons. The maximum atomic E-state index is 12.2. The Balaban J connectivity index is 2.13. The lowest BCUT2D eigenvalue weighted by Crippen LogP contribution is -2.47. The summed E-state index contributed by atoms with van der Waals surface area (Å²) in [6.07, 6.45) is 3.54. The van der Waals surface area contributed by atoms with E-state index in [-0.39, 0.29) is 11.4 Å². The van der Waals surface area contributed by atoms with E-state index in [0.29, 0.717) is 5.56 Å². The number of amides is 1. The molecule has 0 saturated carbocycles. The van der Waals surface area contributed by atoms with Gasteiger partial charge in [0.25, 0.3) is 5.91 Å². The topological polar surface area (TPSA) is 59.0 Å². The van der Waals surface area contributed by atoms with Crippen LogP contribution in [0.3, 0.4) is 0 Å². The standard InChI is InChI=1S/C12H20N4O/c1-4-10-9(7-16(3)15-10)11(17)14-12(2)5-6-13-8-12/h7,13H,4-6,8H2,1-3H3,(H,14,17). The molecule has 1 amide bonds. The third-order valence-electron chi connectivity index (χ3n) is 3.27. The molecule has 5 heteroatoms. The minimum Gasteiger partial charge on any atom is -0.345 e. The minimum absolute atomic E-state index is 0.0128. The SMILES string of the molecule is CCc1nn(C)cc1C(=O)NC1(C)CCNC1. The van der Waals surface area contributed by atoms with Crippen LogP contribution in [0.15, 0.2) is 6.20 Å². The summed E-state index contributed by atoms with van der Waals surface area (Å²) < 4.78 is 1.70. The highest BCUT2D eigenvalue weighted by Crippen LogP contribution is 2.15. The van der Waals surface area contributed by atoms with Gasteiger partial charge in [0.2, 0.25) is 0 Å². The molecule has 1 atom stereocenters. The van der Waals surface area contributed by atoms with Crippen LogP contribution in [0.25, 0.3) is 0 Å². The molecule has 5 nitrogen and oxygen atoms in total. The number of nitrogens with one attached hydrogen (secondary N) is 2. The van der Waals surface area contributed by atoms with Crippen LogP contribution < -0.4 is 10.6 Å². The average molecular weight is 236 g/mol. The fourth-order valence-corrected chi connectivity index (χ4v) is 2.25. The molecule has 0 bridgehead atoms. The monoisotopic (exact) mass is 236 g/mol. The van der Waals surface area contributed by atoms with Crippen LogP contribution in [0.1, 0.15) is 36.3 Å². The summed E-state index contributed by atoms with van der Waals surface area (Å²) >= 11 is 0. The van der Waals surface area contributed by atoms with Crippen molar-refractivity contribution < 1.29 is 4.79 Å². The molecule has 0 aromatic carbocycles. The van der Waals surface area contributed by atoms with Crippen molar-refractivity contribution in [3.05, 3.63) is 17.5 Å². The lowest BCUT2D eigenvalue weighted by atomic mass is 10.0. The Morgan fingerprint density at radius 2 is 2.47 bits per heavy atom. The predicted molar refractivity (Wildman–Crippen MR) is 65.9 cm³/mol. The fourth-order valence-electron chi connectivity index (χ4n) is 2.25. The van der Waals surface area contributed by atoms with Gasteiger partial charge in [-0.15, -0.1) is 0 Å². The molecule has 1 fully saturated rings. The smallest absolute Gasteiger partial charge is 0.255 e. The van der Waals surface area contributed by atoms with Gasteiger partial charge >= 0.3 is 0 Å². The number of hydrogen-bond donors (Lipinski definition) is 2. The first-order valence-corrected chi connectivity index (χ1v) is 6.10. The van der Waals surface area contributed by atoms with Gasteiger partial charge in [0.1, 0.15) is 0 Å². The fraction of sp³-hybridized carbons (Fsp3) is 0.667. The molecule has 0 spiro atoms. The van der Waals surface area contributed by atoms with Gasteiger partial charge < -0.3 is 10.6 Å². The molecule has 1 aromatic heterocycles. The molecule has 1 aromatic rings. The van der Waals surface area contributed by atoms with Crippen LogP contribution in [0, 0.1) is 0 Å². The number of carbonyl (C=O) groups is 1. The second-order valence-electron chi connectivity index (χ2n) is 4.96. The Hall–Kier alpha value is -1.36. The summed E-state index contributed by atoms with van der Waals surface area (Å²) in [7, 11) is 1.84. The maximum Gasteiger partial charge on any atom is 0.255 e. The first kappa shape index (κ1) is 12.1. The largest absolute Gasteiger partial charge is 0.345 e. The Labute approximate surface area is 102 Å². The maximum absolute atomic E-state index is 12.2. The number of rotatable bonds is 3. The van der Waals surface area contributed by atoms with Gasteiger partial charge in [-0.3, -0.25) is 9.48 Å². The van der Waals surface area contributed by atoms with Gasteiger partial charge in [0.15, 0.2) is 0 Å². The van der Waals surface area contributed by atoms with E-state index in [2.05, 4.69) is 22.7 Å². The van der Waals surface area contributed by atoms with Crippen LogP contribution in [-0.4, -0.2) is 34.3 Å². The van der Waals surface area contributed by atoms with Crippen LogP contribution in [-0.2, 0) is 13.5 Å². The highest BCUT2D eigenvalue weighted by Gasteiger charge is 2.31. The molecule has 1 saturated heterocycles. The van der Waals surface area contributed by atoms with E-state index < -0.39 is 0 Å². The van der Waals surface area contributed by atoms with Crippen LogP contribution >= 0.6 is 0 Å². The molecule has 1 aliphatic heterocycles. The summed E-state index contributed by atoms with van der Waals surface area (Å²) in [5.41, 5.74) is 1.43. The van der Waals surface area contributed by atoms with Gasteiger partial charge in [-0.25, -0.2) is 0 Å². The van der Waals surface area contributed by atoms with Crippen LogP contribution in [0.4, 0.5) is 0 Å². The zero-order valence-corrected chi connectivity index (χ0v) is 10.7. The molecule has 2 rings (SSSR count). The lowest BCUT2D eigenvalue weighted by molar-refractivity contribution is 0.0912. The molecule has 94 valence electrons. The third kappa shape index (κ3) is 2.49. The van der Waals surface area contributed by atoms with Crippen molar-refractivity contribution in [3.8, 4) is 0 Å². The number of carbonyl (C=O) groups excluding carboxylic acids is 1. The van der Waals surface area contributed by atoms with Crippen LogP contribution in [0.2, 0.25) is 0 Å². The Bertz CT molecular complexity index is 418.